The number of nitrogens with one attached hydrogen (secondary N) is 1. The van der Waals surface area contributed by atoms with Gasteiger partial charge in [-0.15, -0.1) is 11.8 Å². The third kappa shape index (κ3) is 9.69. The third-order valence-corrected chi connectivity index (χ3v) is 11.6. The molecule has 0 unspecified atom stereocenters. The number of carbonyl (C=O) groups excluding carboxylic acids is 2. The molecular formula is C40H47N3O5S2. The van der Waals surface area contributed by atoms with Crippen LogP contribution in [0.5, 0.6) is 5.75 Å². The Morgan fingerprint density at radius 2 is 1.56 bits per heavy atom. The maximum atomic E-state index is 14.8. The molecule has 0 spiro atoms. The Morgan fingerprint density at radius 1 is 0.880 bits per heavy atom. The first kappa shape index (κ1) is 37.0. The van der Waals surface area contributed by atoms with Gasteiger partial charge in [-0.2, -0.15) is 0 Å². The molecule has 1 N–H and O–H groups in total. The van der Waals surface area contributed by atoms with Crippen LogP contribution >= 0.6 is 11.8 Å². The van der Waals surface area contributed by atoms with E-state index in [2.05, 4.69) is 5.32 Å². The second-order valence-corrected chi connectivity index (χ2v) is 15.4. The van der Waals surface area contributed by atoms with Gasteiger partial charge in [0.05, 0.1) is 17.2 Å². The lowest BCUT2D eigenvalue weighted by molar-refractivity contribution is -0.140. The number of hydrogen-bond acceptors (Lipinski definition) is 6. The van der Waals surface area contributed by atoms with E-state index in [0.29, 0.717) is 18.0 Å². The van der Waals surface area contributed by atoms with Crippen LogP contribution in [-0.2, 0) is 32.6 Å². The largest absolute Gasteiger partial charge is 0.494 e. The summed E-state index contributed by atoms with van der Waals surface area (Å²) in [6, 6.07) is 30.0. The van der Waals surface area contributed by atoms with Crippen molar-refractivity contribution in [1.82, 2.24) is 10.2 Å². The fourth-order valence-electron chi connectivity index (χ4n) is 6.38. The van der Waals surface area contributed by atoms with Gasteiger partial charge < -0.3 is 15.0 Å². The monoisotopic (exact) mass is 713 g/mol. The van der Waals surface area contributed by atoms with Crippen molar-refractivity contribution in [3.05, 3.63) is 120 Å². The highest BCUT2D eigenvalue weighted by Gasteiger charge is 2.35. The molecule has 10 heteroatoms. The van der Waals surface area contributed by atoms with Crippen LogP contribution in [0.4, 0.5) is 5.69 Å². The first-order chi connectivity index (χ1) is 24.2. The maximum absolute atomic E-state index is 14.8. The summed E-state index contributed by atoms with van der Waals surface area (Å²) in [4.78, 5) is 31.7. The van der Waals surface area contributed by atoms with Crippen molar-refractivity contribution in [2.45, 2.75) is 80.8 Å². The Labute approximate surface area is 301 Å². The normalized spacial score (nSPS) is 14.1. The number of hydrogen-bond donors (Lipinski definition) is 1. The van der Waals surface area contributed by atoms with Crippen molar-refractivity contribution in [2.75, 3.05) is 23.7 Å². The van der Waals surface area contributed by atoms with Crippen LogP contribution in [0.2, 0.25) is 0 Å². The summed E-state index contributed by atoms with van der Waals surface area (Å²) in [5.41, 5.74) is 3.10. The second-order valence-electron chi connectivity index (χ2n) is 12.7. The fraction of sp³-hybridized carbons (Fsp3) is 0.350. The zero-order valence-electron chi connectivity index (χ0n) is 29.1. The second kappa shape index (κ2) is 17.6. The molecule has 0 bridgehead atoms. The van der Waals surface area contributed by atoms with Gasteiger partial charge in [-0.05, 0) is 92.6 Å². The smallest absolute Gasteiger partial charge is 0.264 e. The van der Waals surface area contributed by atoms with E-state index in [9.17, 15) is 18.0 Å². The molecule has 0 saturated heterocycles. The molecule has 4 aromatic carbocycles. The fourth-order valence-corrected chi connectivity index (χ4v) is 8.21. The van der Waals surface area contributed by atoms with Gasteiger partial charge in [-0.3, -0.25) is 13.9 Å². The van der Waals surface area contributed by atoms with Gasteiger partial charge in [0.1, 0.15) is 18.3 Å². The SMILES string of the molecule is CCOc1ccc(N(CC(=O)N(Cc2cccc(C)c2)[C@H](Cc2ccccc2)C(=O)NC2CCCCC2)S(=O)(=O)c2ccc(SC)cc2)cc1. The number of benzene rings is 4. The van der Waals surface area contributed by atoms with Crippen molar-refractivity contribution in [3.8, 4) is 5.75 Å². The molecule has 0 aromatic heterocycles. The number of sulfonamides is 1. The number of anilines is 1. The Morgan fingerprint density at radius 3 is 2.20 bits per heavy atom. The molecule has 2 amide bonds. The molecule has 1 fully saturated rings. The van der Waals surface area contributed by atoms with Crippen LogP contribution in [-0.4, -0.2) is 56.6 Å². The molecule has 0 heterocycles. The summed E-state index contributed by atoms with van der Waals surface area (Å²) in [7, 11) is -4.20. The molecule has 1 aliphatic carbocycles. The number of amides is 2. The van der Waals surface area contributed by atoms with E-state index in [-0.39, 0.29) is 29.8 Å². The van der Waals surface area contributed by atoms with Crippen LogP contribution in [0.15, 0.2) is 113 Å². The summed E-state index contributed by atoms with van der Waals surface area (Å²) in [5, 5.41) is 3.26. The number of nitrogens with zero attached hydrogens (tertiary/aromatic N) is 2. The zero-order chi connectivity index (χ0) is 35.5. The summed E-state index contributed by atoms with van der Waals surface area (Å²) < 4.78 is 35.6. The summed E-state index contributed by atoms with van der Waals surface area (Å²) in [5.74, 6) is -0.123. The number of carbonyl (C=O) groups is 2. The molecule has 8 nitrogen and oxygen atoms in total. The third-order valence-electron chi connectivity index (χ3n) is 9.02. The Hall–Kier alpha value is -4.28. The summed E-state index contributed by atoms with van der Waals surface area (Å²) >= 11 is 1.51. The first-order valence-corrected chi connectivity index (χ1v) is 19.9. The first-order valence-electron chi connectivity index (χ1n) is 17.3. The summed E-state index contributed by atoms with van der Waals surface area (Å²) in [6.45, 7) is 3.95. The predicted octanol–water partition coefficient (Wildman–Crippen LogP) is 7.40. The highest BCUT2D eigenvalue weighted by molar-refractivity contribution is 7.98. The van der Waals surface area contributed by atoms with Crippen molar-refractivity contribution in [3.63, 3.8) is 0 Å². The molecule has 0 aliphatic heterocycles. The average molecular weight is 714 g/mol. The van der Waals surface area contributed by atoms with E-state index >= 15 is 0 Å². The minimum absolute atomic E-state index is 0.0374. The van der Waals surface area contributed by atoms with E-state index in [1.54, 1.807) is 53.4 Å². The molecule has 1 atom stereocenters. The molecule has 0 radical (unpaired) electrons. The van der Waals surface area contributed by atoms with Crippen LogP contribution < -0.4 is 14.4 Å². The van der Waals surface area contributed by atoms with Gasteiger partial charge >= 0.3 is 0 Å². The van der Waals surface area contributed by atoms with Crippen molar-refractivity contribution in [1.29, 1.82) is 0 Å². The van der Waals surface area contributed by atoms with Gasteiger partial charge in [0.15, 0.2) is 0 Å². The van der Waals surface area contributed by atoms with E-state index in [0.717, 1.165) is 58.0 Å². The lowest BCUT2D eigenvalue weighted by Crippen LogP contribution is -2.55. The Bertz CT molecular complexity index is 1810. The highest BCUT2D eigenvalue weighted by Crippen LogP contribution is 2.28. The van der Waals surface area contributed by atoms with Crippen LogP contribution in [0, 0.1) is 6.92 Å². The molecular weight excluding hydrogens is 667 g/mol. The van der Waals surface area contributed by atoms with Gasteiger partial charge in [0, 0.05) is 23.9 Å². The molecule has 1 aliphatic rings. The van der Waals surface area contributed by atoms with Gasteiger partial charge in [0.2, 0.25) is 11.8 Å². The minimum Gasteiger partial charge on any atom is -0.494 e. The van der Waals surface area contributed by atoms with Crippen molar-refractivity contribution < 1.29 is 22.7 Å². The maximum Gasteiger partial charge on any atom is 0.264 e. The quantitative estimate of drug-likeness (QED) is 0.129. The summed E-state index contributed by atoms with van der Waals surface area (Å²) in [6.07, 6.45) is 7.24. The molecule has 5 rings (SSSR count). The number of aryl methyl sites for hydroxylation is 1. The molecule has 4 aromatic rings. The van der Waals surface area contributed by atoms with E-state index < -0.39 is 28.5 Å². The van der Waals surface area contributed by atoms with Gasteiger partial charge in [-0.25, -0.2) is 8.42 Å². The molecule has 1 saturated carbocycles. The van der Waals surface area contributed by atoms with Crippen LogP contribution in [0.3, 0.4) is 0 Å². The topological polar surface area (TPSA) is 96.0 Å². The highest BCUT2D eigenvalue weighted by atomic mass is 32.2. The molecule has 264 valence electrons. The number of ether oxygens (including phenoxy) is 1. The lowest BCUT2D eigenvalue weighted by atomic mass is 9.94. The minimum atomic E-state index is -4.20. The predicted molar refractivity (Wildman–Crippen MR) is 201 cm³/mol. The van der Waals surface area contributed by atoms with Gasteiger partial charge in [-0.1, -0.05) is 79.4 Å². The Kier molecular flexibility index (Phi) is 13.0. The van der Waals surface area contributed by atoms with E-state index in [1.807, 2.05) is 74.7 Å². The Balaban J connectivity index is 1.56. The van der Waals surface area contributed by atoms with Gasteiger partial charge in [0.25, 0.3) is 10.0 Å². The zero-order valence-corrected chi connectivity index (χ0v) is 30.7. The average Bonchev–Trinajstić information content (AvgIpc) is 3.13. The van der Waals surface area contributed by atoms with Crippen molar-refractivity contribution >= 4 is 39.3 Å². The van der Waals surface area contributed by atoms with E-state index in [1.165, 1.54) is 11.8 Å². The van der Waals surface area contributed by atoms with Crippen LogP contribution in [0.25, 0.3) is 0 Å². The van der Waals surface area contributed by atoms with E-state index in [4.69, 9.17) is 4.74 Å². The number of thioether (sulfide) groups is 1. The lowest BCUT2D eigenvalue weighted by Gasteiger charge is -2.35. The van der Waals surface area contributed by atoms with Crippen LogP contribution in [0.1, 0.15) is 55.7 Å². The number of rotatable bonds is 15. The molecule has 50 heavy (non-hydrogen) atoms. The van der Waals surface area contributed by atoms with Crippen molar-refractivity contribution in [2.24, 2.45) is 0 Å². The standard InChI is InChI=1S/C40H47N3O5S2/c1-4-48-35-20-18-34(19-21-35)43(50(46,47)37-24-22-36(49-3)23-25-37)29-39(44)42(28-32-15-11-12-30(2)26-32)38(27-31-13-7-5-8-14-31)40(45)41-33-16-9-6-10-17-33/h5,7-8,11-15,18-26,33,38H,4,6,9-10,16-17,27-29H2,1-3H3,(H,41,45)/t38-/m1/s1.